The van der Waals surface area contributed by atoms with Crippen molar-refractivity contribution in [2.75, 3.05) is 11.4 Å². The van der Waals surface area contributed by atoms with Crippen LogP contribution in [0.1, 0.15) is 37.6 Å². The van der Waals surface area contributed by atoms with Crippen LogP contribution in [0.2, 0.25) is 0 Å². The standard InChI is InChI=1S/C21H23FN4O2/c1-14(2)15-3-5-16(6-4-15)21-24-20(28-25-21)13-26(12-11-19(23)27)18-9-7-17(22)8-10-18/h3-10,14H,11-13H2,1-2H3,(H2,23,27). The van der Waals surface area contributed by atoms with E-state index in [4.69, 9.17) is 10.3 Å². The minimum absolute atomic E-state index is 0.162. The lowest BCUT2D eigenvalue weighted by Gasteiger charge is -2.22. The molecule has 1 aromatic heterocycles. The van der Waals surface area contributed by atoms with E-state index in [1.165, 1.54) is 17.7 Å². The highest BCUT2D eigenvalue weighted by molar-refractivity contribution is 5.74. The largest absolute Gasteiger partial charge is 0.370 e. The lowest BCUT2D eigenvalue weighted by atomic mass is 10.0. The van der Waals surface area contributed by atoms with Gasteiger partial charge in [-0.25, -0.2) is 4.39 Å². The summed E-state index contributed by atoms with van der Waals surface area (Å²) in [4.78, 5) is 17.5. The summed E-state index contributed by atoms with van der Waals surface area (Å²) in [5.41, 5.74) is 8.12. The Kier molecular flexibility index (Phi) is 6.03. The van der Waals surface area contributed by atoms with E-state index in [0.717, 1.165) is 11.3 Å². The van der Waals surface area contributed by atoms with E-state index < -0.39 is 5.91 Å². The number of anilines is 1. The molecule has 0 unspecified atom stereocenters. The van der Waals surface area contributed by atoms with Gasteiger partial charge < -0.3 is 15.2 Å². The van der Waals surface area contributed by atoms with Gasteiger partial charge in [0.25, 0.3) is 0 Å². The van der Waals surface area contributed by atoms with Crippen LogP contribution in [0.3, 0.4) is 0 Å². The fourth-order valence-electron chi connectivity index (χ4n) is 2.81. The SMILES string of the molecule is CC(C)c1ccc(-c2noc(CN(CCC(N)=O)c3ccc(F)cc3)n2)cc1. The predicted molar refractivity (Wildman–Crippen MR) is 105 cm³/mol. The normalized spacial score (nSPS) is 11.0. The Balaban J connectivity index is 1.77. The highest BCUT2D eigenvalue weighted by atomic mass is 19.1. The first-order valence-corrected chi connectivity index (χ1v) is 9.14. The van der Waals surface area contributed by atoms with E-state index in [9.17, 15) is 9.18 Å². The van der Waals surface area contributed by atoms with Gasteiger partial charge in [0, 0.05) is 24.2 Å². The molecule has 3 rings (SSSR count). The van der Waals surface area contributed by atoms with Crippen molar-refractivity contribution in [3.8, 4) is 11.4 Å². The van der Waals surface area contributed by atoms with E-state index in [0.29, 0.717) is 24.2 Å². The van der Waals surface area contributed by atoms with Gasteiger partial charge >= 0.3 is 0 Å². The summed E-state index contributed by atoms with van der Waals surface area (Å²) in [5, 5.41) is 4.05. The number of carbonyl (C=O) groups is 1. The lowest BCUT2D eigenvalue weighted by Crippen LogP contribution is -2.27. The Labute approximate surface area is 163 Å². The Morgan fingerprint density at radius 3 is 2.43 bits per heavy atom. The molecule has 3 aromatic rings. The van der Waals surface area contributed by atoms with E-state index >= 15 is 0 Å². The zero-order chi connectivity index (χ0) is 20.1. The third-order valence-electron chi connectivity index (χ3n) is 4.45. The van der Waals surface area contributed by atoms with Crippen molar-refractivity contribution in [3.05, 3.63) is 65.8 Å². The van der Waals surface area contributed by atoms with Gasteiger partial charge in [-0.2, -0.15) is 4.98 Å². The molecule has 0 radical (unpaired) electrons. The average Bonchev–Trinajstić information content (AvgIpc) is 3.14. The monoisotopic (exact) mass is 382 g/mol. The maximum atomic E-state index is 13.2. The van der Waals surface area contributed by atoms with Crippen molar-refractivity contribution in [2.24, 2.45) is 5.73 Å². The highest BCUT2D eigenvalue weighted by Gasteiger charge is 2.15. The van der Waals surface area contributed by atoms with Gasteiger partial charge in [-0.1, -0.05) is 43.3 Å². The Morgan fingerprint density at radius 1 is 1.14 bits per heavy atom. The second kappa shape index (κ2) is 8.65. The van der Waals surface area contributed by atoms with Crippen molar-refractivity contribution in [1.82, 2.24) is 10.1 Å². The molecule has 6 nitrogen and oxygen atoms in total. The second-order valence-electron chi connectivity index (χ2n) is 6.90. The van der Waals surface area contributed by atoms with Gasteiger partial charge in [0.2, 0.25) is 17.6 Å². The number of hydrogen-bond acceptors (Lipinski definition) is 5. The number of nitrogens with two attached hydrogens (primary N) is 1. The maximum Gasteiger partial charge on any atom is 0.246 e. The van der Waals surface area contributed by atoms with E-state index in [-0.39, 0.29) is 18.8 Å². The lowest BCUT2D eigenvalue weighted by molar-refractivity contribution is -0.117. The van der Waals surface area contributed by atoms with Crippen molar-refractivity contribution in [3.63, 3.8) is 0 Å². The quantitative estimate of drug-likeness (QED) is 0.639. The van der Waals surface area contributed by atoms with Crippen LogP contribution in [0, 0.1) is 5.82 Å². The highest BCUT2D eigenvalue weighted by Crippen LogP contribution is 2.22. The zero-order valence-corrected chi connectivity index (χ0v) is 15.9. The summed E-state index contributed by atoms with van der Waals surface area (Å²) in [6.45, 7) is 4.92. The number of hydrogen-bond donors (Lipinski definition) is 1. The van der Waals surface area contributed by atoms with E-state index in [2.05, 4.69) is 24.0 Å². The van der Waals surface area contributed by atoms with Crippen molar-refractivity contribution < 1.29 is 13.7 Å². The molecule has 0 aliphatic carbocycles. The molecular weight excluding hydrogens is 359 g/mol. The summed E-state index contributed by atoms with van der Waals surface area (Å²) in [6.07, 6.45) is 0.162. The predicted octanol–water partition coefficient (Wildman–Crippen LogP) is 3.88. The molecule has 0 saturated heterocycles. The summed E-state index contributed by atoms with van der Waals surface area (Å²) < 4.78 is 18.6. The van der Waals surface area contributed by atoms with Crippen LogP contribution in [0.15, 0.2) is 53.1 Å². The summed E-state index contributed by atoms with van der Waals surface area (Å²) in [7, 11) is 0. The van der Waals surface area contributed by atoms with Crippen LogP contribution < -0.4 is 10.6 Å². The van der Waals surface area contributed by atoms with Crippen molar-refractivity contribution in [2.45, 2.75) is 32.7 Å². The van der Waals surface area contributed by atoms with Gasteiger partial charge in [-0.05, 0) is 35.7 Å². The number of carbonyl (C=O) groups excluding carboxylic acids is 1. The molecule has 2 aromatic carbocycles. The fourth-order valence-corrected chi connectivity index (χ4v) is 2.81. The van der Waals surface area contributed by atoms with Crippen LogP contribution in [0.4, 0.5) is 10.1 Å². The molecule has 0 aliphatic rings. The van der Waals surface area contributed by atoms with Crippen LogP contribution >= 0.6 is 0 Å². The van der Waals surface area contributed by atoms with Crippen LogP contribution in [-0.2, 0) is 11.3 Å². The first-order valence-electron chi connectivity index (χ1n) is 9.14. The fraction of sp³-hybridized carbons (Fsp3) is 0.286. The van der Waals surface area contributed by atoms with Crippen LogP contribution in [0.5, 0.6) is 0 Å². The molecule has 0 aliphatic heterocycles. The molecule has 28 heavy (non-hydrogen) atoms. The summed E-state index contributed by atoms with van der Waals surface area (Å²) in [6, 6.07) is 14.0. The van der Waals surface area contributed by atoms with Crippen LogP contribution in [-0.4, -0.2) is 22.6 Å². The molecular formula is C21H23FN4O2. The van der Waals surface area contributed by atoms with Gasteiger partial charge in [0.15, 0.2) is 0 Å². The molecule has 7 heteroatoms. The number of rotatable bonds is 8. The van der Waals surface area contributed by atoms with Gasteiger partial charge in [-0.3, -0.25) is 4.79 Å². The molecule has 0 atom stereocenters. The zero-order valence-electron chi connectivity index (χ0n) is 15.9. The molecule has 1 heterocycles. The minimum atomic E-state index is -0.413. The van der Waals surface area contributed by atoms with Crippen molar-refractivity contribution in [1.29, 1.82) is 0 Å². The van der Waals surface area contributed by atoms with Gasteiger partial charge in [-0.15, -0.1) is 0 Å². The van der Waals surface area contributed by atoms with Gasteiger partial charge in [0.05, 0.1) is 6.54 Å². The average molecular weight is 382 g/mol. The number of primary amides is 1. The maximum absolute atomic E-state index is 13.2. The Hall–Kier alpha value is -3.22. The van der Waals surface area contributed by atoms with Crippen molar-refractivity contribution >= 4 is 11.6 Å². The third-order valence-corrected chi connectivity index (χ3v) is 4.45. The summed E-state index contributed by atoms with van der Waals surface area (Å²) in [5.74, 6) is 0.604. The molecule has 2 N–H and O–H groups in total. The van der Waals surface area contributed by atoms with E-state index in [1.807, 2.05) is 29.2 Å². The number of amides is 1. The first kappa shape index (κ1) is 19.5. The number of halogens is 1. The third kappa shape index (κ3) is 4.94. The molecule has 0 spiro atoms. The van der Waals surface area contributed by atoms with E-state index in [1.54, 1.807) is 12.1 Å². The smallest absolute Gasteiger partial charge is 0.246 e. The number of nitrogens with zero attached hydrogens (tertiary/aromatic N) is 3. The first-order chi connectivity index (χ1) is 13.4. The number of benzene rings is 2. The number of aromatic nitrogens is 2. The topological polar surface area (TPSA) is 85.3 Å². The minimum Gasteiger partial charge on any atom is -0.370 e. The Morgan fingerprint density at radius 2 is 1.82 bits per heavy atom. The molecule has 0 bridgehead atoms. The summed E-state index contributed by atoms with van der Waals surface area (Å²) >= 11 is 0. The second-order valence-corrected chi connectivity index (χ2v) is 6.90. The molecule has 0 fully saturated rings. The molecule has 1 amide bonds. The van der Waals surface area contributed by atoms with Crippen LogP contribution in [0.25, 0.3) is 11.4 Å². The van der Waals surface area contributed by atoms with Gasteiger partial charge in [0.1, 0.15) is 5.82 Å². The molecule has 146 valence electrons. The molecule has 0 saturated carbocycles. The Bertz CT molecular complexity index is 920.